The molecule has 0 spiro atoms. The molecule has 4 aromatic heterocycles. The van der Waals surface area contributed by atoms with E-state index in [9.17, 15) is 19.2 Å². The molecule has 0 unspecified atom stereocenters. The Morgan fingerprint density at radius 3 is 2.45 bits per heavy atom. The zero-order valence-corrected chi connectivity index (χ0v) is 24.5. The first kappa shape index (κ1) is 28.9. The lowest BCUT2D eigenvalue weighted by atomic mass is 9.96. The predicted octanol–water partition coefficient (Wildman–Crippen LogP) is 5.83. The summed E-state index contributed by atoms with van der Waals surface area (Å²) in [6.45, 7) is 5.21. The smallest absolute Gasteiger partial charge is 0.264 e. The first-order chi connectivity index (χ1) is 20.0. The van der Waals surface area contributed by atoms with E-state index in [-0.39, 0.29) is 28.7 Å². The highest BCUT2D eigenvalue weighted by Gasteiger charge is 2.29. The van der Waals surface area contributed by atoms with E-state index < -0.39 is 29.1 Å². The number of hydrogen-bond donors (Lipinski definition) is 1. The Morgan fingerprint density at radius 2 is 1.81 bits per heavy atom. The normalized spacial score (nSPS) is 11.4. The number of Topliss-reactive ketones (excluding diaryl/α,β-unsaturated/α-hetero) is 1. The van der Waals surface area contributed by atoms with Crippen LogP contribution in [-0.4, -0.2) is 36.8 Å². The van der Waals surface area contributed by atoms with E-state index in [2.05, 4.69) is 15.4 Å². The number of carbonyl (C=O) groups is 3. The highest BCUT2D eigenvalue weighted by molar-refractivity contribution is 7.16. The van der Waals surface area contributed by atoms with Gasteiger partial charge in [-0.1, -0.05) is 62.7 Å². The van der Waals surface area contributed by atoms with E-state index in [1.54, 1.807) is 63.2 Å². The average molecular weight is 604 g/mol. The minimum Gasteiger partial charge on any atom is -0.442 e. The molecule has 0 aliphatic heterocycles. The van der Waals surface area contributed by atoms with Crippen molar-refractivity contribution in [2.24, 2.45) is 5.41 Å². The van der Waals surface area contributed by atoms with Gasteiger partial charge in [0.2, 0.25) is 11.6 Å². The third-order valence-electron chi connectivity index (χ3n) is 6.30. The van der Waals surface area contributed by atoms with Crippen LogP contribution in [-0.2, 0) is 13.1 Å². The Hall–Kier alpha value is -4.61. The van der Waals surface area contributed by atoms with Crippen LogP contribution >= 0.6 is 22.9 Å². The maximum atomic E-state index is 13.9. The molecule has 1 aromatic carbocycles. The van der Waals surface area contributed by atoms with E-state index in [0.717, 1.165) is 9.44 Å². The highest BCUT2D eigenvalue weighted by atomic mass is 35.5. The summed E-state index contributed by atoms with van der Waals surface area (Å²) in [6.07, 6.45) is 2.57. The number of ketones is 2. The molecule has 42 heavy (non-hydrogen) atoms. The molecule has 0 bridgehead atoms. The number of benzene rings is 1. The number of pyridine rings is 1. The molecule has 5 rings (SSSR count). The zero-order chi connectivity index (χ0) is 30.0. The molecule has 0 atom stereocenters. The number of halogens is 1. The second kappa shape index (κ2) is 11.7. The van der Waals surface area contributed by atoms with Crippen LogP contribution in [0.5, 0.6) is 0 Å². The molecule has 0 aliphatic rings. The molecule has 0 radical (unpaired) electrons. The van der Waals surface area contributed by atoms with E-state index in [1.165, 1.54) is 40.6 Å². The van der Waals surface area contributed by atoms with Gasteiger partial charge >= 0.3 is 0 Å². The van der Waals surface area contributed by atoms with Crippen LogP contribution in [0, 0.1) is 5.41 Å². The summed E-state index contributed by atoms with van der Waals surface area (Å²) in [5.41, 5.74) is -0.577. The summed E-state index contributed by atoms with van der Waals surface area (Å²) in [5, 5.41) is 7.85. The maximum Gasteiger partial charge on any atom is 0.264 e. The number of rotatable bonds is 9. The number of thiophene rings is 1. The topological polar surface area (TPSA) is 129 Å². The quantitative estimate of drug-likeness (QED) is 0.208. The van der Waals surface area contributed by atoms with Crippen molar-refractivity contribution in [3.63, 3.8) is 0 Å². The monoisotopic (exact) mass is 603 g/mol. The first-order valence-electron chi connectivity index (χ1n) is 12.9. The lowest BCUT2D eigenvalue weighted by Crippen LogP contribution is -2.30. The lowest BCUT2D eigenvalue weighted by Gasteiger charge is -2.18. The number of nitrogens with one attached hydrogen (secondary N) is 1. The van der Waals surface area contributed by atoms with Crippen LogP contribution in [0.1, 0.15) is 57.2 Å². The van der Waals surface area contributed by atoms with Gasteiger partial charge in [0.1, 0.15) is 17.8 Å². The second-order valence-corrected chi connectivity index (χ2v) is 12.2. The van der Waals surface area contributed by atoms with Gasteiger partial charge in [-0.25, -0.2) is 4.98 Å². The highest BCUT2D eigenvalue weighted by Crippen LogP contribution is 2.30. The van der Waals surface area contributed by atoms with Gasteiger partial charge < -0.3 is 9.73 Å². The van der Waals surface area contributed by atoms with Crippen molar-refractivity contribution in [1.82, 2.24) is 19.3 Å². The summed E-state index contributed by atoms with van der Waals surface area (Å²) in [4.78, 5) is 58.3. The Morgan fingerprint density at radius 1 is 1.05 bits per heavy atom. The van der Waals surface area contributed by atoms with E-state index in [0.29, 0.717) is 22.3 Å². The fourth-order valence-electron chi connectivity index (χ4n) is 4.22. The third-order valence-corrected chi connectivity index (χ3v) is 7.53. The van der Waals surface area contributed by atoms with Gasteiger partial charge in [-0.05, 0) is 18.2 Å². The summed E-state index contributed by atoms with van der Waals surface area (Å²) in [7, 11) is 0. The number of oxazole rings is 1. The van der Waals surface area contributed by atoms with Gasteiger partial charge in [0, 0.05) is 33.6 Å². The van der Waals surface area contributed by atoms with Gasteiger partial charge in [0.25, 0.3) is 17.4 Å². The lowest BCUT2D eigenvalue weighted by molar-refractivity contribution is 0.0752. The third kappa shape index (κ3) is 6.02. The van der Waals surface area contributed by atoms with E-state index in [1.807, 2.05) is 6.07 Å². The maximum absolute atomic E-state index is 13.9. The van der Waals surface area contributed by atoms with Crippen LogP contribution in [0.15, 0.2) is 82.3 Å². The number of hydrogen-bond acceptors (Lipinski definition) is 9. The number of nitrogens with zero attached hydrogens (tertiary/aromatic N) is 4. The molecule has 214 valence electrons. The molecule has 1 N–H and O–H groups in total. The molecule has 0 amide bonds. The summed E-state index contributed by atoms with van der Waals surface area (Å²) < 4.78 is 8.10. The molecule has 0 saturated heterocycles. The van der Waals surface area contributed by atoms with Gasteiger partial charge in [-0.3, -0.25) is 23.7 Å². The largest absolute Gasteiger partial charge is 0.442 e. The van der Waals surface area contributed by atoms with Crippen molar-refractivity contribution in [2.45, 2.75) is 33.9 Å². The summed E-state index contributed by atoms with van der Waals surface area (Å²) >= 11 is 7.49. The van der Waals surface area contributed by atoms with Crippen LogP contribution < -0.4 is 10.9 Å². The molecule has 0 aliphatic carbocycles. The minimum atomic E-state index is -0.782. The SMILES string of the molecule is CC(C)(C)C(=O)n1nc(-c2ccc(=O)n(CC(=O)c3ncco3)c2C(=O)c2ccccc2)cc1NCc1ccc(Cl)s1. The standard InChI is InChI=1S/C30H26ClN5O5S/c1-30(2,3)29(40)36-24(33-16-19-9-11-23(31)42-19)15-21(34-36)20-10-12-25(38)35(17-22(37)28-32-13-14-41-28)26(20)27(39)18-7-5-4-6-8-18/h4-15,33H,16-17H2,1-3H3. The molecular weight excluding hydrogens is 578 g/mol. The van der Waals surface area contributed by atoms with Crippen molar-refractivity contribution in [3.05, 3.63) is 110 Å². The van der Waals surface area contributed by atoms with Gasteiger partial charge in [-0.2, -0.15) is 9.78 Å². The van der Waals surface area contributed by atoms with Gasteiger partial charge in [0.15, 0.2) is 0 Å². The molecule has 0 saturated carbocycles. The second-order valence-electron chi connectivity index (χ2n) is 10.4. The van der Waals surface area contributed by atoms with Crippen molar-refractivity contribution < 1.29 is 18.8 Å². The van der Waals surface area contributed by atoms with Crippen LogP contribution in [0.2, 0.25) is 4.34 Å². The zero-order valence-electron chi connectivity index (χ0n) is 23.0. The molecule has 4 heterocycles. The number of anilines is 1. The van der Waals surface area contributed by atoms with Crippen LogP contribution in [0.25, 0.3) is 11.3 Å². The number of aromatic nitrogens is 4. The fraction of sp³-hybridized carbons (Fsp3) is 0.200. The average Bonchev–Trinajstić information content (AvgIpc) is 3.73. The van der Waals surface area contributed by atoms with Crippen LogP contribution in [0.4, 0.5) is 5.82 Å². The van der Waals surface area contributed by atoms with Gasteiger partial charge in [0.05, 0.1) is 29.3 Å². The molecule has 12 heteroatoms. The fourth-order valence-corrected chi connectivity index (χ4v) is 5.25. The number of carbonyl (C=O) groups excluding carboxylic acids is 3. The molecule has 5 aromatic rings. The summed E-state index contributed by atoms with van der Waals surface area (Å²) in [5.74, 6) is -1.18. The minimum absolute atomic E-state index is 0.0574. The Bertz CT molecular complexity index is 1830. The Labute approximate surface area is 249 Å². The Balaban J connectivity index is 1.66. The van der Waals surface area contributed by atoms with Crippen molar-refractivity contribution in [3.8, 4) is 11.3 Å². The van der Waals surface area contributed by atoms with Crippen LogP contribution in [0.3, 0.4) is 0 Å². The van der Waals surface area contributed by atoms with Crippen molar-refractivity contribution >= 4 is 46.2 Å². The van der Waals surface area contributed by atoms with Crippen molar-refractivity contribution in [2.75, 3.05) is 5.32 Å². The first-order valence-corrected chi connectivity index (χ1v) is 14.1. The molecule has 10 nitrogen and oxygen atoms in total. The molecular formula is C30H26ClN5O5S. The predicted molar refractivity (Wildman–Crippen MR) is 159 cm³/mol. The molecule has 0 fully saturated rings. The van der Waals surface area contributed by atoms with E-state index >= 15 is 0 Å². The summed E-state index contributed by atoms with van der Waals surface area (Å²) in [6, 6.07) is 16.4. The Kier molecular flexibility index (Phi) is 8.06. The van der Waals surface area contributed by atoms with Crippen molar-refractivity contribution in [1.29, 1.82) is 0 Å². The van der Waals surface area contributed by atoms with Gasteiger partial charge in [-0.15, -0.1) is 11.3 Å². The van der Waals surface area contributed by atoms with E-state index in [4.69, 9.17) is 16.0 Å².